The molecule has 3 nitrogen and oxygen atoms in total. The largest absolute Gasteiger partial charge is 0.450 e. The predicted octanol–water partition coefficient (Wildman–Crippen LogP) is 3.50. The van der Waals surface area contributed by atoms with E-state index in [1.54, 1.807) is 12.1 Å². The minimum atomic E-state index is -0.199. The Morgan fingerprint density at radius 1 is 1.53 bits per heavy atom. The molecule has 1 aromatic carbocycles. The molecule has 1 amide bonds. The minimum Gasteiger partial charge on any atom is -0.450 e. The molecule has 0 aliphatic rings. The van der Waals surface area contributed by atoms with Crippen LogP contribution in [0.5, 0.6) is 0 Å². The molecule has 0 atom stereocenters. The summed E-state index contributed by atoms with van der Waals surface area (Å²) in [5, 5.41) is 3.67. The van der Waals surface area contributed by atoms with Gasteiger partial charge in [0.05, 0.1) is 4.47 Å². The van der Waals surface area contributed by atoms with Gasteiger partial charge in [-0.05, 0) is 34.5 Å². The van der Waals surface area contributed by atoms with E-state index in [-0.39, 0.29) is 5.91 Å². The fourth-order valence-corrected chi connectivity index (χ4v) is 1.98. The molecule has 0 unspecified atom stereocenters. The van der Waals surface area contributed by atoms with E-state index in [0.29, 0.717) is 17.9 Å². The van der Waals surface area contributed by atoms with E-state index in [9.17, 15) is 4.79 Å². The number of para-hydroxylation sites is 1. The number of carbonyl (C=O) groups is 1. The summed E-state index contributed by atoms with van der Waals surface area (Å²) >= 11 is 3.38. The zero-order chi connectivity index (χ0) is 12.3. The number of rotatable bonds is 4. The van der Waals surface area contributed by atoms with Crippen LogP contribution in [0.15, 0.2) is 45.8 Å². The highest BCUT2D eigenvalue weighted by atomic mass is 79.9. The van der Waals surface area contributed by atoms with Gasteiger partial charge in [-0.2, -0.15) is 0 Å². The van der Waals surface area contributed by atoms with Gasteiger partial charge in [-0.3, -0.25) is 4.79 Å². The van der Waals surface area contributed by atoms with Crippen molar-refractivity contribution in [1.82, 2.24) is 5.32 Å². The number of halogens is 1. The first-order chi connectivity index (χ1) is 8.22. The van der Waals surface area contributed by atoms with Crippen LogP contribution in [-0.4, -0.2) is 12.5 Å². The Balaban J connectivity index is 2.21. The lowest BCUT2D eigenvalue weighted by molar-refractivity contribution is 0.0929. The zero-order valence-electron chi connectivity index (χ0n) is 9.20. The Morgan fingerprint density at radius 2 is 2.35 bits per heavy atom. The number of benzene rings is 1. The molecule has 4 heteroatoms. The third-order valence-corrected chi connectivity index (χ3v) is 2.98. The van der Waals surface area contributed by atoms with Crippen LogP contribution in [0.2, 0.25) is 0 Å². The fraction of sp³-hybridized carbons (Fsp3) is 0.154. The highest BCUT2D eigenvalue weighted by Crippen LogP contribution is 2.26. The van der Waals surface area contributed by atoms with Gasteiger partial charge in [0.25, 0.3) is 5.91 Å². The van der Waals surface area contributed by atoms with Crippen LogP contribution in [0, 0.1) is 0 Å². The Kier molecular flexibility index (Phi) is 3.64. The summed E-state index contributed by atoms with van der Waals surface area (Å²) in [6.07, 6.45) is 2.51. The standard InChI is InChI=1S/C13H12BrNO2/c1-2-3-7-15-13(16)11-8-9-5-4-6-10(14)12(9)17-11/h2,4-6,8H,1,3,7H2,(H,15,16). The van der Waals surface area contributed by atoms with Crippen LogP contribution < -0.4 is 5.32 Å². The van der Waals surface area contributed by atoms with Gasteiger partial charge in [0, 0.05) is 11.9 Å². The average molecular weight is 294 g/mol. The summed E-state index contributed by atoms with van der Waals surface area (Å²) in [5.74, 6) is 0.130. The van der Waals surface area contributed by atoms with Gasteiger partial charge >= 0.3 is 0 Å². The zero-order valence-corrected chi connectivity index (χ0v) is 10.8. The molecule has 1 heterocycles. The Hall–Kier alpha value is -1.55. The molecule has 0 aliphatic carbocycles. The van der Waals surface area contributed by atoms with Gasteiger partial charge in [-0.15, -0.1) is 6.58 Å². The van der Waals surface area contributed by atoms with Gasteiger partial charge in [0.1, 0.15) is 5.58 Å². The summed E-state index contributed by atoms with van der Waals surface area (Å²) in [6, 6.07) is 7.43. The van der Waals surface area contributed by atoms with Gasteiger partial charge in [-0.25, -0.2) is 0 Å². The Morgan fingerprint density at radius 3 is 3.06 bits per heavy atom. The van der Waals surface area contributed by atoms with Crippen LogP contribution in [-0.2, 0) is 0 Å². The van der Waals surface area contributed by atoms with Gasteiger partial charge in [-0.1, -0.05) is 18.2 Å². The van der Waals surface area contributed by atoms with E-state index in [4.69, 9.17) is 4.42 Å². The van der Waals surface area contributed by atoms with Crippen LogP contribution >= 0.6 is 15.9 Å². The number of hydrogen-bond acceptors (Lipinski definition) is 2. The summed E-state index contributed by atoms with van der Waals surface area (Å²) in [5.41, 5.74) is 0.696. The lowest BCUT2D eigenvalue weighted by Crippen LogP contribution is -2.23. The van der Waals surface area contributed by atoms with Crippen molar-refractivity contribution in [2.75, 3.05) is 6.54 Å². The second-order valence-corrected chi connectivity index (χ2v) is 4.46. The van der Waals surface area contributed by atoms with E-state index in [1.165, 1.54) is 0 Å². The van der Waals surface area contributed by atoms with Crippen molar-refractivity contribution >= 4 is 32.8 Å². The predicted molar refractivity (Wildman–Crippen MR) is 71.1 cm³/mol. The lowest BCUT2D eigenvalue weighted by atomic mass is 10.2. The molecule has 2 rings (SSSR count). The molecule has 17 heavy (non-hydrogen) atoms. The van der Waals surface area contributed by atoms with E-state index in [0.717, 1.165) is 16.3 Å². The van der Waals surface area contributed by atoms with E-state index in [1.807, 2.05) is 18.2 Å². The number of amides is 1. The van der Waals surface area contributed by atoms with E-state index in [2.05, 4.69) is 27.8 Å². The fourth-order valence-electron chi connectivity index (χ4n) is 1.51. The van der Waals surface area contributed by atoms with Crippen molar-refractivity contribution in [3.8, 4) is 0 Å². The van der Waals surface area contributed by atoms with Crippen molar-refractivity contribution in [2.45, 2.75) is 6.42 Å². The maximum Gasteiger partial charge on any atom is 0.287 e. The van der Waals surface area contributed by atoms with E-state index < -0.39 is 0 Å². The SMILES string of the molecule is C=CCCNC(=O)c1cc2cccc(Br)c2o1. The first kappa shape index (κ1) is 11.9. The second kappa shape index (κ2) is 5.19. The van der Waals surface area contributed by atoms with Gasteiger partial charge in [0.2, 0.25) is 0 Å². The first-order valence-corrected chi connectivity index (χ1v) is 6.09. The van der Waals surface area contributed by atoms with E-state index >= 15 is 0 Å². The van der Waals surface area contributed by atoms with Crippen LogP contribution in [0.3, 0.4) is 0 Å². The van der Waals surface area contributed by atoms with Gasteiger partial charge < -0.3 is 9.73 Å². The summed E-state index contributed by atoms with van der Waals surface area (Å²) in [6.45, 7) is 4.17. The van der Waals surface area contributed by atoms with Crippen LogP contribution in [0.1, 0.15) is 17.0 Å². The van der Waals surface area contributed by atoms with Crippen molar-refractivity contribution in [1.29, 1.82) is 0 Å². The Labute approximate surface area is 108 Å². The van der Waals surface area contributed by atoms with Crippen molar-refractivity contribution in [3.63, 3.8) is 0 Å². The minimum absolute atomic E-state index is 0.199. The molecule has 2 aromatic rings. The summed E-state index contributed by atoms with van der Waals surface area (Å²) in [4.78, 5) is 11.7. The maximum atomic E-state index is 11.7. The highest BCUT2D eigenvalue weighted by molar-refractivity contribution is 9.10. The number of hydrogen-bond donors (Lipinski definition) is 1. The molecule has 0 saturated carbocycles. The molecular formula is C13H12BrNO2. The third-order valence-electron chi connectivity index (χ3n) is 2.35. The summed E-state index contributed by atoms with van der Waals surface area (Å²) < 4.78 is 6.35. The smallest absolute Gasteiger partial charge is 0.287 e. The average Bonchev–Trinajstić information content (AvgIpc) is 2.75. The second-order valence-electron chi connectivity index (χ2n) is 3.60. The molecule has 0 fully saturated rings. The van der Waals surface area contributed by atoms with Crippen molar-refractivity contribution in [2.24, 2.45) is 0 Å². The first-order valence-electron chi connectivity index (χ1n) is 5.29. The number of carbonyl (C=O) groups excluding carboxylic acids is 1. The van der Waals surface area contributed by atoms with Crippen molar-refractivity contribution < 1.29 is 9.21 Å². The van der Waals surface area contributed by atoms with Gasteiger partial charge in [0.15, 0.2) is 5.76 Å². The molecule has 0 bridgehead atoms. The monoisotopic (exact) mass is 293 g/mol. The number of furan rings is 1. The molecule has 1 N–H and O–H groups in total. The normalized spacial score (nSPS) is 10.4. The van der Waals surface area contributed by atoms with Crippen LogP contribution in [0.4, 0.5) is 0 Å². The lowest BCUT2D eigenvalue weighted by Gasteiger charge is -1.99. The van der Waals surface area contributed by atoms with Crippen LogP contribution in [0.25, 0.3) is 11.0 Å². The molecule has 0 saturated heterocycles. The molecule has 0 spiro atoms. The molecule has 88 valence electrons. The molecule has 1 aromatic heterocycles. The highest BCUT2D eigenvalue weighted by Gasteiger charge is 2.12. The number of nitrogens with one attached hydrogen (secondary N) is 1. The molecule has 0 aliphatic heterocycles. The maximum absolute atomic E-state index is 11.7. The van der Waals surface area contributed by atoms with Crippen molar-refractivity contribution in [3.05, 3.63) is 47.2 Å². The quantitative estimate of drug-likeness (QED) is 0.692. The topological polar surface area (TPSA) is 42.2 Å². The Bertz CT molecular complexity index is 560. The summed E-state index contributed by atoms with van der Waals surface area (Å²) in [7, 11) is 0. The molecular weight excluding hydrogens is 282 g/mol. The molecule has 0 radical (unpaired) electrons. The third kappa shape index (κ3) is 2.58. The number of fused-ring (bicyclic) bond motifs is 1.